The van der Waals surface area contributed by atoms with Crippen molar-refractivity contribution in [2.45, 2.75) is 32.2 Å². The molecule has 1 aromatic rings. The van der Waals surface area contributed by atoms with E-state index in [4.69, 9.17) is 15.2 Å². The fourth-order valence-corrected chi connectivity index (χ4v) is 2.02. The van der Waals surface area contributed by atoms with Crippen molar-refractivity contribution in [2.75, 3.05) is 26.9 Å². The van der Waals surface area contributed by atoms with Gasteiger partial charge in [0.25, 0.3) is 5.91 Å². The molecule has 0 heterocycles. The Morgan fingerprint density at radius 2 is 1.77 bits per heavy atom. The summed E-state index contributed by atoms with van der Waals surface area (Å²) in [7, 11) is 1.63. The summed E-state index contributed by atoms with van der Waals surface area (Å²) in [4.78, 5) is 12.3. The summed E-state index contributed by atoms with van der Waals surface area (Å²) in [5.41, 5.74) is 6.08. The summed E-state index contributed by atoms with van der Waals surface area (Å²) in [6.07, 6.45) is 1.62. The molecule has 0 fully saturated rings. The van der Waals surface area contributed by atoms with E-state index in [1.54, 1.807) is 31.4 Å². The second kappa shape index (κ2) is 10.4. The third-order valence-corrected chi connectivity index (χ3v) is 3.80. The van der Waals surface area contributed by atoms with Crippen molar-refractivity contribution in [3.8, 4) is 5.75 Å². The molecule has 1 aromatic carbocycles. The quantitative estimate of drug-likeness (QED) is 0.682. The summed E-state index contributed by atoms with van der Waals surface area (Å²) >= 11 is 0. The maximum atomic E-state index is 12.3. The number of carbonyl (C=O) groups excluding carboxylic acids is 1. The molecule has 0 spiro atoms. The van der Waals surface area contributed by atoms with Crippen molar-refractivity contribution in [3.63, 3.8) is 0 Å². The van der Waals surface area contributed by atoms with E-state index in [1.165, 1.54) is 0 Å². The minimum atomic E-state index is -0.329. The van der Waals surface area contributed by atoms with Gasteiger partial charge in [-0.25, -0.2) is 0 Å². The molecule has 0 aromatic heterocycles. The Balaban J connectivity index is 0.00000441. The Kier molecular flexibility index (Phi) is 9.81. The lowest BCUT2D eigenvalue weighted by molar-refractivity contribution is 0.0895. The first-order valence-corrected chi connectivity index (χ1v) is 7.35. The van der Waals surface area contributed by atoms with Crippen LogP contribution >= 0.6 is 12.4 Å². The first-order chi connectivity index (χ1) is 10.1. The largest absolute Gasteiger partial charge is 0.491 e. The van der Waals surface area contributed by atoms with E-state index in [1.807, 2.05) is 13.8 Å². The van der Waals surface area contributed by atoms with Crippen molar-refractivity contribution in [3.05, 3.63) is 29.8 Å². The number of amides is 1. The molecule has 6 heteroatoms. The fraction of sp³-hybridized carbons (Fsp3) is 0.562. The van der Waals surface area contributed by atoms with Gasteiger partial charge in [0.05, 0.1) is 12.1 Å². The molecule has 0 atom stereocenters. The van der Waals surface area contributed by atoms with Crippen LogP contribution < -0.4 is 15.8 Å². The number of hydrogen-bond acceptors (Lipinski definition) is 4. The zero-order valence-corrected chi connectivity index (χ0v) is 14.4. The molecule has 0 saturated heterocycles. The van der Waals surface area contributed by atoms with Gasteiger partial charge in [-0.3, -0.25) is 4.79 Å². The smallest absolute Gasteiger partial charge is 0.251 e. The van der Waals surface area contributed by atoms with Crippen molar-refractivity contribution >= 4 is 18.3 Å². The molecule has 0 bridgehead atoms. The van der Waals surface area contributed by atoms with Gasteiger partial charge in [-0.05, 0) is 37.1 Å². The Morgan fingerprint density at radius 1 is 1.18 bits per heavy atom. The van der Waals surface area contributed by atoms with Crippen LogP contribution in [0.25, 0.3) is 0 Å². The number of nitrogens with one attached hydrogen (secondary N) is 1. The van der Waals surface area contributed by atoms with Gasteiger partial charge < -0.3 is 20.5 Å². The van der Waals surface area contributed by atoms with Gasteiger partial charge in [-0.1, -0.05) is 13.8 Å². The lowest BCUT2D eigenvalue weighted by Crippen LogP contribution is -2.52. The predicted molar refractivity (Wildman–Crippen MR) is 90.9 cm³/mol. The molecular weight excluding hydrogens is 304 g/mol. The van der Waals surface area contributed by atoms with Crippen LogP contribution in [0.3, 0.4) is 0 Å². The normalized spacial score (nSPS) is 10.7. The van der Waals surface area contributed by atoms with E-state index in [-0.39, 0.29) is 23.9 Å². The van der Waals surface area contributed by atoms with Gasteiger partial charge in [0.15, 0.2) is 0 Å². The van der Waals surface area contributed by atoms with Crippen molar-refractivity contribution in [1.29, 1.82) is 0 Å². The van der Waals surface area contributed by atoms with E-state index in [0.29, 0.717) is 25.3 Å². The van der Waals surface area contributed by atoms with E-state index < -0.39 is 0 Å². The SMILES string of the molecule is CCC(CC)(CN)NC(=O)c1ccc(OCCOC)cc1.Cl. The molecule has 0 aliphatic carbocycles. The average Bonchev–Trinajstić information content (AvgIpc) is 2.53. The number of nitrogens with two attached hydrogens (primary N) is 1. The van der Waals surface area contributed by atoms with E-state index in [0.717, 1.165) is 18.6 Å². The summed E-state index contributed by atoms with van der Waals surface area (Å²) in [5.74, 6) is 0.618. The molecule has 0 unspecified atom stereocenters. The molecular formula is C16H27ClN2O3. The molecule has 1 amide bonds. The van der Waals surface area contributed by atoms with Crippen LogP contribution in [0.1, 0.15) is 37.0 Å². The molecule has 5 nitrogen and oxygen atoms in total. The number of hydrogen-bond donors (Lipinski definition) is 2. The molecule has 3 N–H and O–H groups in total. The summed E-state index contributed by atoms with van der Waals surface area (Å²) in [5, 5.41) is 3.04. The Hall–Kier alpha value is -1.30. The van der Waals surface area contributed by atoms with Crippen molar-refractivity contribution in [2.24, 2.45) is 5.73 Å². The number of benzene rings is 1. The number of ether oxygens (including phenoxy) is 2. The first kappa shape index (κ1) is 20.7. The standard InChI is InChI=1S/C16H26N2O3.ClH/c1-4-16(5-2,12-17)18-15(19)13-6-8-14(9-7-13)21-11-10-20-3;/h6-9H,4-5,10-12,17H2,1-3H3,(H,18,19);1H. The van der Waals surface area contributed by atoms with Crippen LogP contribution in [0.15, 0.2) is 24.3 Å². The summed E-state index contributed by atoms with van der Waals surface area (Å²) < 4.78 is 10.4. The number of carbonyl (C=O) groups is 1. The zero-order chi connectivity index (χ0) is 15.7. The van der Waals surface area contributed by atoms with Crippen LogP contribution in [-0.2, 0) is 4.74 Å². The van der Waals surface area contributed by atoms with Crippen LogP contribution in [0, 0.1) is 0 Å². The third-order valence-electron chi connectivity index (χ3n) is 3.80. The van der Waals surface area contributed by atoms with E-state index in [9.17, 15) is 4.79 Å². The van der Waals surface area contributed by atoms with Gasteiger partial charge in [-0.15, -0.1) is 12.4 Å². The molecule has 0 radical (unpaired) electrons. The maximum absolute atomic E-state index is 12.3. The van der Waals surface area contributed by atoms with Crippen LogP contribution in [0.5, 0.6) is 5.75 Å². The monoisotopic (exact) mass is 330 g/mol. The lowest BCUT2D eigenvalue weighted by atomic mass is 9.92. The second-order valence-electron chi connectivity index (χ2n) is 5.01. The third kappa shape index (κ3) is 5.83. The Bertz CT molecular complexity index is 425. The fourth-order valence-electron chi connectivity index (χ4n) is 2.02. The second-order valence-corrected chi connectivity index (χ2v) is 5.01. The average molecular weight is 331 g/mol. The van der Waals surface area contributed by atoms with Gasteiger partial charge in [-0.2, -0.15) is 0 Å². The number of halogens is 1. The van der Waals surface area contributed by atoms with Gasteiger partial charge in [0.2, 0.25) is 0 Å². The minimum Gasteiger partial charge on any atom is -0.491 e. The molecule has 0 aliphatic rings. The lowest BCUT2D eigenvalue weighted by Gasteiger charge is -2.31. The highest BCUT2D eigenvalue weighted by molar-refractivity contribution is 5.94. The highest BCUT2D eigenvalue weighted by Crippen LogP contribution is 2.16. The summed E-state index contributed by atoms with van der Waals surface area (Å²) in [6.45, 7) is 5.52. The Morgan fingerprint density at radius 3 is 2.23 bits per heavy atom. The highest BCUT2D eigenvalue weighted by Gasteiger charge is 2.26. The van der Waals surface area contributed by atoms with Gasteiger partial charge in [0.1, 0.15) is 12.4 Å². The topological polar surface area (TPSA) is 73.6 Å². The van der Waals surface area contributed by atoms with Gasteiger partial charge in [0, 0.05) is 19.2 Å². The van der Waals surface area contributed by atoms with Crippen LogP contribution in [-0.4, -0.2) is 38.3 Å². The maximum Gasteiger partial charge on any atom is 0.251 e. The number of methoxy groups -OCH3 is 1. The highest BCUT2D eigenvalue weighted by atomic mass is 35.5. The zero-order valence-electron chi connectivity index (χ0n) is 13.6. The molecule has 0 aliphatic heterocycles. The summed E-state index contributed by atoms with van der Waals surface area (Å²) in [6, 6.07) is 7.08. The predicted octanol–water partition coefficient (Wildman–Crippen LogP) is 2.38. The van der Waals surface area contributed by atoms with Crippen molar-refractivity contribution < 1.29 is 14.3 Å². The van der Waals surface area contributed by atoms with E-state index >= 15 is 0 Å². The Labute approximate surface area is 139 Å². The molecule has 126 valence electrons. The van der Waals surface area contributed by atoms with Crippen LogP contribution in [0.2, 0.25) is 0 Å². The van der Waals surface area contributed by atoms with E-state index in [2.05, 4.69) is 5.32 Å². The van der Waals surface area contributed by atoms with Crippen molar-refractivity contribution in [1.82, 2.24) is 5.32 Å². The number of rotatable bonds is 9. The molecule has 0 saturated carbocycles. The van der Waals surface area contributed by atoms with Crippen LogP contribution in [0.4, 0.5) is 0 Å². The molecule has 1 rings (SSSR count). The minimum absolute atomic E-state index is 0. The first-order valence-electron chi connectivity index (χ1n) is 7.35. The van der Waals surface area contributed by atoms with Gasteiger partial charge >= 0.3 is 0 Å². The molecule has 22 heavy (non-hydrogen) atoms.